The molecule has 1 amide bonds. The van der Waals surface area contributed by atoms with Crippen LogP contribution in [0, 0.1) is 6.92 Å². The normalized spacial score (nSPS) is 17.0. The topological polar surface area (TPSA) is 58.5 Å². The molecule has 1 atom stereocenters. The number of hydrogen-bond acceptors (Lipinski definition) is 4. The van der Waals surface area contributed by atoms with Crippen molar-refractivity contribution in [2.24, 2.45) is 5.10 Å². The zero-order valence-corrected chi connectivity index (χ0v) is 14.2. The number of nitrogens with zero attached hydrogens (tertiary/aromatic N) is 4. The van der Waals surface area contributed by atoms with Crippen molar-refractivity contribution in [3.63, 3.8) is 0 Å². The van der Waals surface area contributed by atoms with Crippen molar-refractivity contribution in [2.75, 3.05) is 0 Å². The molecule has 0 bridgehead atoms. The summed E-state index contributed by atoms with van der Waals surface area (Å²) in [6.07, 6.45) is 4.02. The quantitative estimate of drug-likeness (QED) is 0.721. The Hall–Kier alpha value is -3.08. The molecule has 1 aliphatic heterocycles. The van der Waals surface area contributed by atoms with E-state index < -0.39 is 0 Å². The zero-order chi connectivity index (χ0) is 17.4. The molecule has 0 saturated carbocycles. The van der Waals surface area contributed by atoms with Crippen LogP contribution in [0.4, 0.5) is 0 Å². The Labute approximate surface area is 146 Å². The van der Waals surface area contributed by atoms with Gasteiger partial charge in [-0.15, -0.1) is 0 Å². The molecule has 0 fully saturated rings. The molecule has 124 valence electrons. The Morgan fingerprint density at radius 2 is 1.84 bits per heavy atom. The predicted molar refractivity (Wildman–Crippen MR) is 97.1 cm³/mol. The van der Waals surface area contributed by atoms with Gasteiger partial charge in [-0.1, -0.05) is 42.0 Å². The van der Waals surface area contributed by atoms with E-state index in [9.17, 15) is 4.79 Å². The van der Waals surface area contributed by atoms with Crippen molar-refractivity contribution < 1.29 is 4.79 Å². The van der Waals surface area contributed by atoms with E-state index in [-0.39, 0.29) is 11.9 Å². The predicted octanol–water partition coefficient (Wildman–Crippen LogP) is 3.64. The molecule has 5 nitrogen and oxygen atoms in total. The van der Waals surface area contributed by atoms with Gasteiger partial charge in [-0.3, -0.25) is 14.8 Å². The number of para-hydroxylation sites is 1. The molecule has 2 aromatic carbocycles. The Morgan fingerprint density at radius 3 is 2.60 bits per heavy atom. The van der Waals surface area contributed by atoms with Crippen LogP contribution in [-0.4, -0.2) is 26.6 Å². The third-order valence-electron chi connectivity index (χ3n) is 4.51. The van der Waals surface area contributed by atoms with Gasteiger partial charge in [0, 0.05) is 31.3 Å². The molecule has 1 aromatic heterocycles. The van der Waals surface area contributed by atoms with Crippen LogP contribution in [0.5, 0.6) is 0 Å². The number of amides is 1. The third-order valence-corrected chi connectivity index (χ3v) is 4.51. The third kappa shape index (κ3) is 2.78. The van der Waals surface area contributed by atoms with E-state index in [0.717, 1.165) is 27.9 Å². The average Bonchev–Trinajstić information content (AvgIpc) is 3.07. The summed E-state index contributed by atoms with van der Waals surface area (Å²) < 4.78 is 0. The highest BCUT2D eigenvalue weighted by atomic mass is 16.2. The molecular formula is C20H18N4O. The van der Waals surface area contributed by atoms with Crippen LogP contribution in [0.25, 0.3) is 11.0 Å². The summed E-state index contributed by atoms with van der Waals surface area (Å²) in [5.74, 6) is -0.0759. The van der Waals surface area contributed by atoms with Crippen molar-refractivity contribution in [1.82, 2.24) is 15.0 Å². The number of aryl methyl sites for hydroxylation is 1. The lowest BCUT2D eigenvalue weighted by Gasteiger charge is -2.21. The summed E-state index contributed by atoms with van der Waals surface area (Å²) in [5.41, 5.74) is 5.79. The number of carbonyl (C=O) groups excluding carboxylic acids is 1. The number of benzene rings is 2. The van der Waals surface area contributed by atoms with Gasteiger partial charge in [-0.2, -0.15) is 5.10 Å². The van der Waals surface area contributed by atoms with Crippen LogP contribution in [-0.2, 0) is 4.79 Å². The molecule has 0 aliphatic carbocycles. The molecular weight excluding hydrogens is 312 g/mol. The van der Waals surface area contributed by atoms with Crippen molar-refractivity contribution in [1.29, 1.82) is 0 Å². The Bertz CT molecular complexity index is 973. The van der Waals surface area contributed by atoms with Gasteiger partial charge in [0.15, 0.2) is 0 Å². The molecule has 0 spiro atoms. The number of rotatable bonds is 2. The van der Waals surface area contributed by atoms with Crippen molar-refractivity contribution >= 4 is 22.7 Å². The minimum atomic E-state index is -0.158. The fraction of sp³-hybridized carbons (Fsp3) is 0.200. The van der Waals surface area contributed by atoms with Crippen LogP contribution in [0.2, 0.25) is 0 Å². The number of hydrogen-bond donors (Lipinski definition) is 0. The maximum atomic E-state index is 12.2. The van der Waals surface area contributed by atoms with Gasteiger partial charge in [-0.05, 0) is 18.6 Å². The highest BCUT2D eigenvalue weighted by molar-refractivity contribution is 6.03. The standard InChI is InChI=1S/C20H18N4O/c1-13-6-8-15(9-7-13)18-12-19(24(23-18)14(2)25)16-4-3-5-17-20(16)22-11-10-21-17/h3-11,19H,12H2,1-2H3. The molecule has 25 heavy (non-hydrogen) atoms. The van der Waals surface area contributed by atoms with E-state index >= 15 is 0 Å². The van der Waals surface area contributed by atoms with Crippen molar-refractivity contribution in [3.05, 3.63) is 71.5 Å². The van der Waals surface area contributed by atoms with Gasteiger partial charge in [0.2, 0.25) is 5.91 Å². The largest absolute Gasteiger partial charge is 0.273 e. The number of hydrazone groups is 1. The molecule has 0 radical (unpaired) electrons. The number of carbonyl (C=O) groups is 1. The van der Waals surface area contributed by atoms with Crippen LogP contribution in [0.3, 0.4) is 0 Å². The lowest BCUT2D eigenvalue weighted by atomic mass is 9.97. The molecule has 1 unspecified atom stereocenters. The molecule has 0 saturated heterocycles. The minimum Gasteiger partial charge on any atom is -0.273 e. The maximum Gasteiger partial charge on any atom is 0.240 e. The van der Waals surface area contributed by atoms with Gasteiger partial charge in [-0.25, -0.2) is 5.01 Å². The van der Waals surface area contributed by atoms with Gasteiger partial charge < -0.3 is 0 Å². The second-order valence-electron chi connectivity index (χ2n) is 6.27. The summed E-state index contributed by atoms with van der Waals surface area (Å²) in [5, 5.41) is 6.17. The smallest absolute Gasteiger partial charge is 0.240 e. The second kappa shape index (κ2) is 6.09. The number of aromatic nitrogens is 2. The fourth-order valence-electron chi connectivity index (χ4n) is 3.25. The first-order chi connectivity index (χ1) is 12.1. The summed E-state index contributed by atoms with van der Waals surface area (Å²) in [6, 6.07) is 14.0. The van der Waals surface area contributed by atoms with Crippen LogP contribution in [0.15, 0.2) is 60.0 Å². The van der Waals surface area contributed by atoms with E-state index in [1.165, 1.54) is 5.56 Å². The molecule has 0 N–H and O–H groups in total. The molecule has 5 heteroatoms. The van der Waals surface area contributed by atoms with Gasteiger partial charge in [0.25, 0.3) is 0 Å². The van der Waals surface area contributed by atoms with E-state index in [2.05, 4.69) is 46.3 Å². The van der Waals surface area contributed by atoms with Gasteiger partial charge in [0.05, 0.1) is 22.8 Å². The summed E-state index contributed by atoms with van der Waals surface area (Å²) in [7, 11) is 0. The molecule has 1 aliphatic rings. The van der Waals surface area contributed by atoms with Crippen LogP contribution < -0.4 is 0 Å². The second-order valence-corrected chi connectivity index (χ2v) is 6.27. The first kappa shape index (κ1) is 15.4. The van der Waals surface area contributed by atoms with Crippen molar-refractivity contribution in [3.8, 4) is 0 Å². The highest BCUT2D eigenvalue weighted by Crippen LogP contribution is 2.35. The van der Waals surface area contributed by atoms with E-state index in [0.29, 0.717) is 6.42 Å². The van der Waals surface area contributed by atoms with Crippen molar-refractivity contribution in [2.45, 2.75) is 26.3 Å². The molecule has 4 rings (SSSR count). The maximum absolute atomic E-state index is 12.2. The first-order valence-electron chi connectivity index (χ1n) is 8.27. The summed E-state index contributed by atoms with van der Waals surface area (Å²) in [6.45, 7) is 3.60. The molecule has 3 aromatic rings. The van der Waals surface area contributed by atoms with E-state index in [4.69, 9.17) is 0 Å². The van der Waals surface area contributed by atoms with Crippen LogP contribution in [0.1, 0.15) is 36.1 Å². The van der Waals surface area contributed by atoms with Gasteiger partial charge >= 0.3 is 0 Å². The van der Waals surface area contributed by atoms with Crippen LogP contribution >= 0.6 is 0 Å². The minimum absolute atomic E-state index is 0.0759. The average molecular weight is 330 g/mol. The first-order valence-corrected chi connectivity index (χ1v) is 8.27. The Morgan fingerprint density at radius 1 is 1.08 bits per heavy atom. The summed E-state index contributed by atoms with van der Waals surface area (Å²) >= 11 is 0. The highest BCUT2D eigenvalue weighted by Gasteiger charge is 2.32. The number of fused-ring (bicyclic) bond motifs is 1. The lowest BCUT2D eigenvalue weighted by molar-refractivity contribution is -0.130. The van der Waals surface area contributed by atoms with E-state index in [1.54, 1.807) is 24.3 Å². The monoisotopic (exact) mass is 330 g/mol. The zero-order valence-electron chi connectivity index (χ0n) is 14.2. The Kier molecular flexibility index (Phi) is 3.76. The SMILES string of the molecule is CC(=O)N1N=C(c2ccc(C)cc2)CC1c1cccc2nccnc12. The fourth-order valence-corrected chi connectivity index (χ4v) is 3.25. The van der Waals surface area contributed by atoms with E-state index in [1.807, 2.05) is 18.2 Å². The Balaban J connectivity index is 1.77. The lowest BCUT2D eigenvalue weighted by Crippen LogP contribution is -2.24. The molecule has 2 heterocycles. The summed E-state index contributed by atoms with van der Waals surface area (Å²) in [4.78, 5) is 21.0. The van der Waals surface area contributed by atoms with Gasteiger partial charge in [0.1, 0.15) is 0 Å².